The first kappa shape index (κ1) is 10.3. The second-order valence-corrected chi connectivity index (χ2v) is 3.92. The van der Waals surface area contributed by atoms with Gasteiger partial charge >= 0.3 is 0 Å². The minimum absolute atomic E-state index is 0.448. The Morgan fingerprint density at radius 3 is 2.73 bits per heavy atom. The van der Waals surface area contributed by atoms with E-state index in [0.717, 1.165) is 12.4 Å². The van der Waals surface area contributed by atoms with Gasteiger partial charge in [0.2, 0.25) is 5.95 Å². The van der Waals surface area contributed by atoms with E-state index < -0.39 is 5.95 Å². The molecule has 0 atom stereocenters. The Hall–Kier alpha value is -1.19. The van der Waals surface area contributed by atoms with Gasteiger partial charge in [-0.15, -0.1) is 0 Å². The summed E-state index contributed by atoms with van der Waals surface area (Å²) in [7, 11) is 0. The predicted molar refractivity (Wildman–Crippen MR) is 57.3 cm³/mol. The summed E-state index contributed by atoms with van der Waals surface area (Å²) in [5.74, 6) is 0.272. The fraction of sp³-hybridized carbons (Fsp3) is 0.636. The monoisotopic (exact) mass is 209 g/mol. The Balaban J connectivity index is 2.18. The molecule has 82 valence electrons. The minimum Gasteiger partial charge on any atom is -0.354 e. The van der Waals surface area contributed by atoms with Crippen molar-refractivity contribution in [3.63, 3.8) is 0 Å². The van der Waals surface area contributed by atoms with Gasteiger partial charge in [0, 0.05) is 18.7 Å². The van der Waals surface area contributed by atoms with E-state index in [4.69, 9.17) is 0 Å². The van der Waals surface area contributed by atoms with Gasteiger partial charge in [-0.1, -0.05) is 12.8 Å². The van der Waals surface area contributed by atoms with Crippen LogP contribution in [0.5, 0.6) is 0 Å². The number of aromatic nitrogens is 2. The maximum Gasteiger partial charge on any atom is 0.218 e. The molecule has 0 unspecified atom stereocenters. The number of anilines is 1. The Morgan fingerprint density at radius 2 is 2.13 bits per heavy atom. The Kier molecular flexibility index (Phi) is 3.14. The third-order valence-electron chi connectivity index (χ3n) is 3.02. The number of rotatable bonds is 3. The van der Waals surface area contributed by atoms with Crippen LogP contribution >= 0.6 is 0 Å². The van der Waals surface area contributed by atoms with Gasteiger partial charge in [-0.05, 0) is 19.8 Å². The summed E-state index contributed by atoms with van der Waals surface area (Å²) in [6.07, 6.45) is 6.23. The van der Waals surface area contributed by atoms with Gasteiger partial charge in [0.05, 0.1) is 0 Å². The van der Waals surface area contributed by atoms with Crippen molar-refractivity contribution in [2.24, 2.45) is 0 Å². The van der Waals surface area contributed by atoms with Crippen LogP contribution < -0.4 is 4.90 Å². The molecular weight excluding hydrogens is 193 g/mol. The molecule has 0 aliphatic heterocycles. The summed E-state index contributed by atoms with van der Waals surface area (Å²) >= 11 is 0. The summed E-state index contributed by atoms with van der Waals surface area (Å²) in [4.78, 5) is 9.79. The van der Waals surface area contributed by atoms with E-state index in [0.29, 0.717) is 6.04 Å². The van der Waals surface area contributed by atoms with Crippen molar-refractivity contribution in [3.05, 3.63) is 18.3 Å². The van der Waals surface area contributed by atoms with Crippen LogP contribution in [0, 0.1) is 5.95 Å². The topological polar surface area (TPSA) is 29.0 Å². The maximum absolute atomic E-state index is 13.0. The zero-order valence-corrected chi connectivity index (χ0v) is 8.99. The van der Waals surface area contributed by atoms with E-state index in [9.17, 15) is 4.39 Å². The fourth-order valence-corrected chi connectivity index (χ4v) is 2.30. The van der Waals surface area contributed by atoms with E-state index in [-0.39, 0.29) is 0 Å². The van der Waals surface area contributed by atoms with E-state index in [1.807, 2.05) is 0 Å². The molecule has 1 fully saturated rings. The van der Waals surface area contributed by atoms with Crippen LogP contribution in [-0.4, -0.2) is 22.6 Å². The molecular formula is C11H16FN3. The normalized spacial score (nSPS) is 16.9. The molecule has 1 heterocycles. The lowest BCUT2D eigenvalue weighted by atomic mass is 10.2. The highest BCUT2D eigenvalue weighted by Gasteiger charge is 2.22. The molecule has 0 aromatic carbocycles. The zero-order chi connectivity index (χ0) is 10.7. The largest absolute Gasteiger partial charge is 0.354 e. The Morgan fingerprint density at radius 1 is 1.40 bits per heavy atom. The van der Waals surface area contributed by atoms with Crippen LogP contribution in [0.3, 0.4) is 0 Å². The Bertz CT molecular complexity index is 323. The molecule has 1 aliphatic rings. The number of hydrogen-bond donors (Lipinski definition) is 0. The van der Waals surface area contributed by atoms with Crippen molar-refractivity contribution in [1.82, 2.24) is 9.97 Å². The SMILES string of the molecule is CCN(c1cc(F)ncn1)C1CCCC1. The molecule has 15 heavy (non-hydrogen) atoms. The lowest BCUT2D eigenvalue weighted by molar-refractivity contribution is 0.568. The average Bonchev–Trinajstić information content (AvgIpc) is 2.72. The molecule has 0 saturated heterocycles. The second kappa shape index (κ2) is 4.55. The molecule has 0 amide bonds. The highest BCUT2D eigenvalue weighted by molar-refractivity contribution is 5.38. The zero-order valence-electron chi connectivity index (χ0n) is 8.99. The summed E-state index contributed by atoms with van der Waals surface area (Å²) in [6, 6.07) is 1.95. The molecule has 3 nitrogen and oxygen atoms in total. The van der Waals surface area contributed by atoms with Gasteiger partial charge in [0.25, 0.3) is 0 Å². The van der Waals surface area contributed by atoms with Gasteiger partial charge in [-0.3, -0.25) is 0 Å². The highest BCUT2D eigenvalue weighted by atomic mass is 19.1. The molecule has 0 spiro atoms. The van der Waals surface area contributed by atoms with E-state index >= 15 is 0 Å². The van der Waals surface area contributed by atoms with Crippen LogP contribution in [0.4, 0.5) is 10.2 Å². The van der Waals surface area contributed by atoms with E-state index in [2.05, 4.69) is 21.8 Å². The van der Waals surface area contributed by atoms with Crippen LogP contribution in [0.2, 0.25) is 0 Å². The van der Waals surface area contributed by atoms with Crippen molar-refractivity contribution in [3.8, 4) is 0 Å². The molecule has 1 aromatic heterocycles. The number of halogens is 1. The molecule has 2 rings (SSSR count). The number of nitrogens with zero attached hydrogens (tertiary/aromatic N) is 3. The van der Waals surface area contributed by atoms with Crippen LogP contribution in [0.1, 0.15) is 32.6 Å². The second-order valence-electron chi connectivity index (χ2n) is 3.92. The molecule has 1 aromatic rings. The van der Waals surface area contributed by atoms with Crippen molar-refractivity contribution >= 4 is 5.82 Å². The van der Waals surface area contributed by atoms with Crippen molar-refractivity contribution in [2.45, 2.75) is 38.6 Å². The predicted octanol–water partition coefficient (Wildman–Crippen LogP) is 2.38. The summed E-state index contributed by atoms with van der Waals surface area (Å²) in [5.41, 5.74) is 0. The molecule has 4 heteroatoms. The molecule has 0 radical (unpaired) electrons. The highest BCUT2D eigenvalue weighted by Crippen LogP contribution is 2.26. The van der Waals surface area contributed by atoms with Gasteiger partial charge in [-0.2, -0.15) is 4.39 Å². The average molecular weight is 209 g/mol. The summed E-state index contributed by atoms with van der Waals surface area (Å²) in [6.45, 7) is 2.96. The van der Waals surface area contributed by atoms with Gasteiger partial charge < -0.3 is 4.90 Å². The van der Waals surface area contributed by atoms with Gasteiger partial charge in [-0.25, -0.2) is 9.97 Å². The third-order valence-corrected chi connectivity index (χ3v) is 3.02. The summed E-state index contributed by atoms with van der Waals surface area (Å²) in [5, 5.41) is 0. The van der Waals surface area contributed by atoms with Crippen LogP contribution in [-0.2, 0) is 0 Å². The van der Waals surface area contributed by atoms with Crippen LogP contribution in [0.15, 0.2) is 12.4 Å². The van der Waals surface area contributed by atoms with Gasteiger partial charge in [0.1, 0.15) is 12.1 Å². The maximum atomic E-state index is 13.0. The van der Waals surface area contributed by atoms with Crippen molar-refractivity contribution < 1.29 is 4.39 Å². The lowest BCUT2D eigenvalue weighted by Gasteiger charge is -2.28. The van der Waals surface area contributed by atoms with Crippen LogP contribution in [0.25, 0.3) is 0 Å². The first-order valence-electron chi connectivity index (χ1n) is 5.55. The minimum atomic E-state index is -0.448. The fourth-order valence-electron chi connectivity index (χ4n) is 2.30. The van der Waals surface area contributed by atoms with Gasteiger partial charge in [0.15, 0.2) is 0 Å². The third kappa shape index (κ3) is 2.25. The number of hydrogen-bond acceptors (Lipinski definition) is 3. The molecule has 1 aliphatic carbocycles. The first-order valence-corrected chi connectivity index (χ1v) is 5.55. The lowest BCUT2D eigenvalue weighted by Crippen LogP contribution is -2.33. The molecule has 0 bridgehead atoms. The standard InChI is InChI=1S/C11H16FN3/c1-2-15(9-5-3-4-6-9)11-7-10(12)13-8-14-11/h7-9H,2-6H2,1H3. The quantitative estimate of drug-likeness (QED) is 0.716. The first-order chi connectivity index (χ1) is 7.31. The van der Waals surface area contributed by atoms with Crippen molar-refractivity contribution in [2.75, 3.05) is 11.4 Å². The Labute approximate surface area is 89.3 Å². The molecule has 0 N–H and O–H groups in total. The van der Waals surface area contributed by atoms with Crippen molar-refractivity contribution in [1.29, 1.82) is 0 Å². The summed E-state index contributed by atoms with van der Waals surface area (Å²) < 4.78 is 13.0. The van der Waals surface area contributed by atoms with E-state index in [1.54, 1.807) is 0 Å². The van der Waals surface area contributed by atoms with E-state index in [1.165, 1.54) is 38.1 Å². The molecule has 1 saturated carbocycles. The smallest absolute Gasteiger partial charge is 0.218 e.